The van der Waals surface area contributed by atoms with E-state index in [1.165, 1.54) is 12.1 Å². The highest BCUT2D eigenvalue weighted by Gasteiger charge is 2.12. The molecule has 1 aromatic carbocycles. The summed E-state index contributed by atoms with van der Waals surface area (Å²) >= 11 is 3.24. The van der Waals surface area contributed by atoms with Crippen molar-refractivity contribution < 1.29 is 9.50 Å². The molecule has 2 N–H and O–H groups in total. The topological polar surface area (TPSA) is 32.3 Å². The second-order valence-electron chi connectivity index (χ2n) is 3.18. The van der Waals surface area contributed by atoms with Gasteiger partial charge in [0.2, 0.25) is 0 Å². The van der Waals surface area contributed by atoms with Gasteiger partial charge in [-0.3, -0.25) is 0 Å². The van der Waals surface area contributed by atoms with Crippen LogP contribution in [0.1, 0.15) is 17.2 Å². The average Bonchev–Trinajstić information content (AvgIpc) is 2.11. The number of nitrogens with one attached hydrogen (secondary N) is 1. The maximum Gasteiger partial charge on any atom is 0.124 e. The molecule has 1 rings (SSSR count). The molecule has 0 saturated heterocycles. The van der Waals surface area contributed by atoms with Crippen molar-refractivity contribution in [1.82, 2.24) is 5.32 Å². The monoisotopic (exact) mass is 261 g/mol. The predicted octanol–water partition coefficient (Wildman–Crippen LogP) is 2.15. The molecule has 0 bridgehead atoms. The van der Waals surface area contributed by atoms with Gasteiger partial charge in [-0.1, -0.05) is 15.9 Å². The number of likely N-dealkylation sites (N-methyl/N-ethyl adjacent to an activating group) is 1. The van der Waals surface area contributed by atoms with Crippen LogP contribution in [0.5, 0.6) is 0 Å². The van der Waals surface area contributed by atoms with Crippen molar-refractivity contribution in [3.05, 3.63) is 33.5 Å². The molecule has 78 valence electrons. The van der Waals surface area contributed by atoms with E-state index in [4.69, 9.17) is 0 Å². The normalized spacial score (nSPS) is 12.9. The minimum atomic E-state index is -0.674. The van der Waals surface area contributed by atoms with Crippen molar-refractivity contribution in [1.29, 1.82) is 0 Å². The molecular weight excluding hydrogens is 249 g/mol. The molecule has 1 aromatic rings. The van der Waals surface area contributed by atoms with Gasteiger partial charge >= 0.3 is 0 Å². The highest BCUT2D eigenvalue weighted by Crippen LogP contribution is 2.25. The van der Waals surface area contributed by atoms with E-state index in [1.807, 2.05) is 6.92 Å². The highest BCUT2D eigenvalue weighted by atomic mass is 79.9. The average molecular weight is 262 g/mol. The molecular formula is C10H13BrFNO. The number of hydrogen-bond donors (Lipinski definition) is 2. The lowest BCUT2D eigenvalue weighted by atomic mass is 10.0. The third kappa shape index (κ3) is 2.53. The zero-order chi connectivity index (χ0) is 10.7. The molecule has 1 unspecified atom stereocenters. The second-order valence-corrected chi connectivity index (χ2v) is 4.03. The van der Waals surface area contributed by atoms with E-state index < -0.39 is 6.10 Å². The van der Waals surface area contributed by atoms with Gasteiger partial charge in [-0.05, 0) is 37.2 Å². The summed E-state index contributed by atoms with van der Waals surface area (Å²) in [5, 5.41) is 12.5. The lowest BCUT2D eigenvalue weighted by Gasteiger charge is -2.14. The summed E-state index contributed by atoms with van der Waals surface area (Å²) < 4.78 is 13.7. The van der Waals surface area contributed by atoms with Gasteiger partial charge in [0.05, 0.1) is 6.10 Å². The van der Waals surface area contributed by atoms with Gasteiger partial charge in [-0.15, -0.1) is 0 Å². The predicted molar refractivity (Wildman–Crippen MR) is 57.7 cm³/mol. The van der Waals surface area contributed by atoms with Gasteiger partial charge in [-0.25, -0.2) is 4.39 Å². The van der Waals surface area contributed by atoms with Crippen LogP contribution in [-0.4, -0.2) is 18.7 Å². The summed E-state index contributed by atoms with van der Waals surface area (Å²) in [6.45, 7) is 2.26. The number of aliphatic hydroxyl groups excluding tert-OH is 1. The van der Waals surface area contributed by atoms with E-state index in [2.05, 4.69) is 21.2 Å². The van der Waals surface area contributed by atoms with Gasteiger partial charge in [-0.2, -0.15) is 0 Å². The van der Waals surface area contributed by atoms with Crippen LogP contribution in [-0.2, 0) is 0 Å². The van der Waals surface area contributed by atoms with Crippen molar-refractivity contribution in [2.75, 3.05) is 13.6 Å². The summed E-state index contributed by atoms with van der Waals surface area (Å²) in [4.78, 5) is 0. The molecule has 0 spiro atoms. The lowest BCUT2D eigenvalue weighted by Crippen LogP contribution is -2.17. The number of benzene rings is 1. The largest absolute Gasteiger partial charge is 0.387 e. The quantitative estimate of drug-likeness (QED) is 0.874. The van der Waals surface area contributed by atoms with Crippen molar-refractivity contribution in [3.8, 4) is 0 Å². The van der Waals surface area contributed by atoms with Crippen LogP contribution in [0.15, 0.2) is 16.6 Å². The van der Waals surface area contributed by atoms with Gasteiger partial charge in [0.25, 0.3) is 0 Å². The van der Waals surface area contributed by atoms with E-state index in [9.17, 15) is 9.50 Å². The van der Waals surface area contributed by atoms with E-state index >= 15 is 0 Å². The Balaban J connectivity index is 3.07. The van der Waals surface area contributed by atoms with E-state index in [0.29, 0.717) is 16.6 Å². The fourth-order valence-electron chi connectivity index (χ4n) is 1.32. The van der Waals surface area contributed by atoms with Crippen molar-refractivity contribution >= 4 is 15.9 Å². The van der Waals surface area contributed by atoms with Crippen LogP contribution in [0.2, 0.25) is 0 Å². The first-order valence-corrected chi connectivity index (χ1v) is 5.13. The van der Waals surface area contributed by atoms with Gasteiger partial charge in [0, 0.05) is 11.0 Å². The molecule has 0 radical (unpaired) electrons. The standard InChI is InChI=1S/C10H13BrFNO/c1-6-8(10(14)5-13-2)3-7(12)4-9(6)11/h3-4,10,13-14H,5H2,1-2H3. The Labute approximate surface area is 91.3 Å². The number of aliphatic hydroxyl groups is 1. The number of rotatable bonds is 3. The van der Waals surface area contributed by atoms with Crippen LogP contribution >= 0.6 is 15.9 Å². The number of hydrogen-bond acceptors (Lipinski definition) is 2. The van der Waals surface area contributed by atoms with Crippen LogP contribution in [0.4, 0.5) is 4.39 Å². The minimum Gasteiger partial charge on any atom is -0.387 e. The zero-order valence-corrected chi connectivity index (χ0v) is 9.73. The maximum atomic E-state index is 13.0. The molecule has 0 aliphatic rings. The fraction of sp³-hybridized carbons (Fsp3) is 0.400. The first-order valence-electron chi connectivity index (χ1n) is 4.34. The fourth-order valence-corrected chi connectivity index (χ4v) is 1.76. The zero-order valence-electron chi connectivity index (χ0n) is 8.14. The molecule has 14 heavy (non-hydrogen) atoms. The Morgan fingerprint density at radius 3 is 2.79 bits per heavy atom. The van der Waals surface area contributed by atoms with Gasteiger partial charge < -0.3 is 10.4 Å². The Bertz CT molecular complexity index is 330. The minimum absolute atomic E-state index is 0.340. The Kier molecular flexibility index (Phi) is 4.04. The first-order chi connectivity index (χ1) is 6.56. The Morgan fingerprint density at radius 1 is 1.57 bits per heavy atom. The van der Waals surface area contributed by atoms with Gasteiger partial charge in [0.1, 0.15) is 5.82 Å². The molecule has 0 amide bonds. The molecule has 0 aromatic heterocycles. The van der Waals surface area contributed by atoms with E-state index in [-0.39, 0.29) is 5.82 Å². The van der Waals surface area contributed by atoms with Gasteiger partial charge in [0.15, 0.2) is 0 Å². The number of halogens is 2. The SMILES string of the molecule is CNCC(O)c1cc(F)cc(Br)c1C. The van der Waals surface area contributed by atoms with Crippen LogP contribution in [0.25, 0.3) is 0 Å². The summed E-state index contributed by atoms with van der Waals surface area (Å²) in [5.41, 5.74) is 1.49. The van der Waals surface area contributed by atoms with Crippen molar-refractivity contribution in [3.63, 3.8) is 0 Å². The highest BCUT2D eigenvalue weighted by molar-refractivity contribution is 9.10. The summed E-state index contributed by atoms with van der Waals surface area (Å²) in [5.74, 6) is -0.340. The third-order valence-corrected chi connectivity index (χ3v) is 2.93. The van der Waals surface area contributed by atoms with E-state index in [0.717, 1.165) is 5.56 Å². The molecule has 2 nitrogen and oxygen atoms in total. The molecule has 1 atom stereocenters. The molecule has 0 saturated carbocycles. The van der Waals surface area contributed by atoms with Crippen LogP contribution in [0.3, 0.4) is 0 Å². The first kappa shape index (κ1) is 11.6. The summed E-state index contributed by atoms with van der Waals surface area (Å²) in [7, 11) is 1.74. The molecule has 0 aliphatic carbocycles. The van der Waals surface area contributed by atoms with E-state index in [1.54, 1.807) is 7.05 Å². The Hall–Kier alpha value is -0.450. The smallest absolute Gasteiger partial charge is 0.124 e. The Morgan fingerprint density at radius 2 is 2.21 bits per heavy atom. The lowest BCUT2D eigenvalue weighted by molar-refractivity contribution is 0.176. The third-order valence-electron chi connectivity index (χ3n) is 2.11. The maximum absolute atomic E-state index is 13.0. The molecule has 4 heteroatoms. The van der Waals surface area contributed by atoms with Crippen LogP contribution < -0.4 is 5.32 Å². The van der Waals surface area contributed by atoms with Crippen LogP contribution in [0, 0.1) is 12.7 Å². The molecule has 0 aliphatic heterocycles. The molecule has 0 fully saturated rings. The summed E-state index contributed by atoms with van der Waals surface area (Å²) in [6.07, 6.45) is -0.674. The van der Waals surface area contributed by atoms with Crippen molar-refractivity contribution in [2.45, 2.75) is 13.0 Å². The second kappa shape index (κ2) is 4.87. The van der Waals surface area contributed by atoms with Crippen molar-refractivity contribution in [2.24, 2.45) is 0 Å². The molecule has 0 heterocycles. The summed E-state index contributed by atoms with van der Waals surface area (Å²) in [6, 6.07) is 2.76.